The van der Waals surface area contributed by atoms with Crippen LogP contribution in [-0.2, 0) is 20.0 Å². The fourth-order valence-corrected chi connectivity index (χ4v) is 5.74. The SMILES string of the molecule is COc1ccccc1S(=O)(=O)N1CCN(S(=O)(=O)c2cccnc2)CC1. The van der Waals surface area contributed by atoms with E-state index >= 15 is 0 Å². The third-order valence-electron chi connectivity index (χ3n) is 4.16. The molecule has 0 radical (unpaired) electrons. The smallest absolute Gasteiger partial charge is 0.246 e. The number of hydrogen-bond donors (Lipinski definition) is 0. The molecule has 0 atom stereocenters. The molecule has 0 amide bonds. The summed E-state index contributed by atoms with van der Waals surface area (Å²) in [5.74, 6) is 0.262. The van der Waals surface area contributed by atoms with Gasteiger partial charge in [-0.1, -0.05) is 12.1 Å². The minimum Gasteiger partial charge on any atom is -0.495 e. The summed E-state index contributed by atoms with van der Waals surface area (Å²) in [6, 6.07) is 9.40. The lowest BCUT2D eigenvalue weighted by Gasteiger charge is -2.33. The second kappa shape index (κ2) is 7.31. The lowest BCUT2D eigenvalue weighted by molar-refractivity contribution is 0.272. The molecule has 1 aliphatic heterocycles. The molecule has 0 saturated carbocycles. The van der Waals surface area contributed by atoms with Crippen molar-refractivity contribution >= 4 is 20.0 Å². The third-order valence-corrected chi connectivity index (χ3v) is 7.98. The van der Waals surface area contributed by atoms with Gasteiger partial charge in [-0.15, -0.1) is 0 Å². The number of hydrogen-bond acceptors (Lipinski definition) is 6. The van der Waals surface area contributed by atoms with Gasteiger partial charge in [0.1, 0.15) is 15.5 Å². The van der Waals surface area contributed by atoms with Crippen molar-refractivity contribution in [1.29, 1.82) is 0 Å². The van der Waals surface area contributed by atoms with E-state index in [1.807, 2.05) is 0 Å². The van der Waals surface area contributed by atoms with Gasteiger partial charge in [-0.25, -0.2) is 16.8 Å². The number of piperazine rings is 1. The highest BCUT2D eigenvalue weighted by Crippen LogP contribution is 2.27. The summed E-state index contributed by atoms with van der Waals surface area (Å²) in [4.78, 5) is 4.01. The second-order valence-electron chi connectivity index (χ2n) is 5.65. The van der Waals surface area contributed by atoms with Crippen molar-refractivity contribution < 1.29 is 21.6 Å². The normalized spacial score (nSPS) is 17.1. The maximum absolute atomic E-state index is 12.9. The van der Waals surface area contributed by atoms with Gasteiger partial charge in [-0.05, 0) is 24.3 Å². The van der Waals surface area contributed by atoms with E-state index in [0.717, 1.165) is 0 Å². The van der Waals surface area contributed by atoms with Crippen LogP contribution in [0.4, 0.5) is 0 Å². The van der Waals surface area contributed by atoms with Crippen molar-refractivity contribution in [2.45, 2.75) is 9.79 Å². The molecule has 26 heavy (non-hydrogen) atoms. The summed E-state index contributed by atoms with van der Waals surface area (Å²) in [6.45, 7) is 0.289. The molecular formula is C16H19N3O5S2. The summed E-state index contributed by atoms with van der Waals surface area (Å²) in [7, 11) is -6.04. The molecule has 140 valence electrons. The van der Waals surface area contributed by atoms with Crippen LogP contribution in [0, 0.1) is 0 Å². The Morgan fingerprint density at radius 1 is 0.885 bits per heavy atom. The van der Waals surface area contributed by atoms with Gasteiger partial charge >= 0.3 is 0 Å². The summed E-state index contributed by atoms with van der Waals surface area (Å²) in [5.41, 5.74) is 0. The quantitative estimate of drug-likeness (QED) is 0.740. The highest BCUT2D eigenvalue weighted by Gasteiger charge is 2.34. The van der Waals surface area contributed by atoms with Crippen LogP contribution in [0.15, 0.2) is 58.6 Å². The number of pyridine rings is 1. The number of aromatic nitrogens is 1. The Bertz CT molecular complexity index is 970. The van der Waals surface area contributed by atoms with Crippen LogP contribution in [0.2, 0.25) is 0 Å². The molecule has 1 aromatic heterocycles. The van der Waals surface area contributed by atoms with Crippen LogP contribution in [-0.4, -0.2) is 63.7 Å². The Hall–Kier alpha value is -2.01. The molecule has 0 unspecified atom stereocenters. The standard InChI is InChI=1S/C16H19N3O5S2/c1-24-15-6-2-3-7-16(15)26(22,23)19-11-9-18(10-12-19)25(20,21)14-5-4-8-17-13-14/h2-8,13H,9-12H2,1H3. The maximum Gasteiger partial charge on any atom is 0.246 e. The van der Waals surface area contributed by atoms with Crippen LogP contribution < -0.4 is 4.74 Å². The number of nitrogens with zero attached hydrogens (tertiary/aromatic N) is 3. The lowest BCUT2D eigenvalue weighted by atomic mass is 10.3. The van der Waals surface area contributed by atoms with Crippen LogP contribution >= 0.6 is 0 Å². The molecule has 2 heterocycles. The first-order valence-corrected chi connectivity index (χ1v) is 10.8. The number of para-hydroxylation sites is 1. The molecule has 1 aliphatic rings. The predicted molar refractivity (Wildman–Crippen MR) is 94.7 cm³/mol. The molecule has 8 nitrogen and oxygen atoms in total. The second-order valence-corrected chi connectivity index (χ2v) is 9.49. The van der Waals surface area contributed by atoms with Crippen LogP contribution in [0.5, 0.6) is 5.75 Å². The van der Waals surface area contributed by atoms with Crippen LogP contribution in [0.1, 0.15) is 0 Å². The van der Waals surface area contributed by atoms with E-state index in [1.54, 1.807) is 24.3 Å². The van der Waals surface area contributed by atoms with Crippen molar-refractivity contribution in [2.24, 2.45) is 0 Å². The molecule has 1 aromatic carbocycles. The van der Waals surface area contributed by atoms with E-state index in [1.165, 1.54) is 40.2 Å². The number of rotatable bonds is 5. The number of methoxy groups -OCH3 is 1. The van der Waals surface area contributed by atoms with Gasteiger partial charge in [0.15, 0.2) is 0 Å². The molecule has 1 saturated heterocycles. The first-order valence-electron chi connectivity index (χ1n) is 7.91. The highest BCUT2D eigenvalue weighted by atomic mass is 32.2. The van der Waals surface area contributed by atoms with Crippen molar-refractivity contribution in [3.8, 4) is 5.75 Å². The molecule has 0 aliphatic carbocycles. The van der Waals surface area contributed by atoms with E-state index in [4.69, 9.17) is 4.74 Å². The van der Waals surface area contributed by atoms with Crippen LogP contribution in [0.25, 0.3) is 0 Å². The van der Waals surface area contributed by atoms with Gasteiger partial charge in [0.25, 0.3) is 0 Å². The first kappa shape index (κ1) is 18.8. The fraction of sp³-hybridized carbons (Fsp3) is 0.312. The minimum atomic E-state index is -3.76. The molecule has 0 spiro atoms. The summed E-state index contributed by atoms with van der Waals surface area (Å²) >= 11 is 0. The van der Waals surface area contributed by atoms with Gasteiger partial charge in [-0.3, -0.25) is 4.98 Å². The summed E-state index contributed by atoms with van der Waals surface area (Å²) in [5, 5.41) is 0. The van der Waals surface area contributed by atoms with Crippen molar-refractivity contribution in [3.05, 3.63) is 48.8 Å². The number of sulfonamides is 2. The lowest BCUT2D eigenvalue weighted by Crippen LogP contribution is -2.50. The zero-order chi connectivity index (χ0) is 18.8. The largest absolute Gasteiger partial charge is 0.495 e. The highest BCUT2D eigenvalue weighted by molar-refractivity contribution is 7.89. The molecule has 0 bridgehead atoms. The minimum absolute atomic E-state index is 0.0693. The van der Waals surface area contributed by atoms with Gasteiger partial charge in [0, 0.05) is 38.6 Å². The van der Waals surface area contributed by atoms with Gasteiger partial charge in [0.05, 0.1) is 7.11 Å². The Kier molecular flexibility index (Phi) is 5.28. The molecular weight excluding hydrogens is 378 g/mol. The average molecular weight is 397 g/mol. The monoisotopic (exact) mass is 397 g/mol. The number of benzene rings is 1. The van der Waals surface area contributed by atoms with E-state index in [9.17, 15) is 16.8 Å². The molecule has 10 heteroatoms. The molecule has 2 aromatic rings. The Morgan fingerprint density at radius 3 is 2.08 bits per heavy atom. The topological polar surface area (TPSA) is 96.9 Å². The molecule has 3 rings (SSSR count). The van der Waals surface area contributed by atoms with Gasteiger partial charge in [-0.2, -0.15) is 8.61 Å². The maximum atomic E-state index is 12.9. The van der Waals surface area contributed by atoms with E-state index in [2.05, 4.69) is 4.98 Å². The Morgan fingerprint density at radius 2 is 1.50 bits per heavy atom. The average Bonchev–Trinajstić information content (AvgIpc) is 2.68. The first-order chi connectivity index (χ1) is 12.4. The summed E-state index contributed by atoms with van der Waals surface area (Å²) < 4.78 is 58.6. The molecule has 0 N–H and O–H groups in total. The Labute approximate surface area is 153 Å². The number of ether oxygens (including phenoxy) is 1. The molecule has 1 fully saturated rings. The van der Waals surface area contributed by atoms with Gasteiger partial charge in [0.2, 0.25) is 20.0 Å². The fourth-order valence-electron chi connectivity index (χ4n) is 2.77. The van der Waals surface area contributed by atoms with Crippen molar-refractivity contribution in [1.82, 2.24) is 13.6 Å². The van der Waals surface area contributed by atoms with Crippen molar-refractivity contribution in [2.75, 3.05) is 33.3 Å². The Balaban J connectivity index is 1.78. The predicted octanol–water partition coefficient (Wildman–Crippen LogP) is 0.785. The zero-order valence-electron chi connectivity index (χ0n) is 14.1. The van der Waals surface area contributed by atoms with E-state index in [-0.39, 0.29) is 41.7 Å². The van der Waals surface area contributed by atoms with Gasteiger partial charge < -0.3 is 4.74 Å². The van der Waals surface area contributed by atoms with Crippen molar-refractivity contribution in [3.63, 3.8) is 0 Å². The summed E-state index contributed by atoms with van der Waals surface area (Å²) in [6.07, 6.45) is 2.78. The van der Waals surface area contributed by atoms with Crippen LogP contribution in [0.3, 0.4) is 0 Å². The third kappa shape index (κ3) is 3.45. The van der Waals surface area contributed by atoms with E-state index < -0.39 is 20.0 Å². The van der Waals surface area contributed by atoms with E-state index in [0.29, 0.717) is 0 Å². The zero-order valence-corrected chi connectivity index (χ0v) is 15.8.